The third-order valence-electron chi connectivity index (χ3n) is 8.65. The molecule has 0 saturated heterocycles. The lowest BCUT2D eigenvalue weighted by Gasteiger charge is -2.24. The van der Waals surface area contributed by atoms with E-state index < -0.39 is 12.1 Å². The van der Waals surface area contributed by atoms with Crippen LogP contribution in [0.25, 0.3) is 17.0 Å². The molecule has 4 aromatic rings. The Kier molecular flexibility index (Phi) is 10.4. The fourth-order valence-electron chi connectivity index (χ4n) is 5.53. The van der Waals surface area contributed by atoms with Gasteiger partial charge < -0.3 is 15.8 Å². The fraction of sp³-hybridized carbons (Fsp3) is 0.324. The van der Waals surface area contributed by atoms with Crippen LogP contribution in [0.1, 0.15) is 90.6 Å². The van der Waals surface area contributed by atoms with Gasteiger partial charge in [-0.1, -0.05) is 62.4 Å². The van der Waals surface area contributed by atoms with Crippen molar-refractivity contribution in [1.82, 2.24) is 15.3 Å². The number of alkyl halides is 2. The Labute approximate surface area is 274 Å². The number of ether oxygens (including phenoxy) is 1. The molecule has 1 fully saturated rings. The molecule has 6 nitrogen and oxygen atoms in total. The molecule has 0 aliphatic heterocycles. The maximum absolute atomic E-state index is 13.8. The van der Waals surface area contributed by atoms with Gasteiger partial charge in [0, 0.05) is 47.3 Å². The maximum atomic E-state index is 13.8. The van der Waals surface area contributed by atoms with Gasteiger partial charge in [-0.05, 0) is 73.1 Å². The Hall–Kier alpha value is -4.30. The Bertz CT molecular complexity index is 1740. The van der Waals surface area contributed by atoms with Crippen molar-refractivity contribution in [2.24, 2.45) is 4.99 Å². The van der Waals surface area contributed by atoms with E-state index in [2.05, 4.69) is 53.9 Å². The van der Waals surface area contributed by atoms with Crippen molar-refractivity contribution in [3.05, 3.63) is 112 Å². The number of nitrogens with zero attached hydrogens (tertiary/aromatic N) is 3. The monoisotopic (exact) mass is 643 g/mol. The Morgan fingerprint density at radius 3 is 2.59 bits per heavy atom. The molecule has 5 rings (SSSR count). The summed E-state index contributed by atoms with van der Waals surface area (Å²) in [5, 5.41) is 3.45. The second-order valence-corrected chi connectivity index (χ2v) is 12.2. The smallest absolute Gasteiger partial charge is 0.281 e. The number of aromatic nitrogens is 2. The molecule has 1 aliphatic rings. The summed E-state index contributed by atoms with van der Waals surface area (Å²) in [5.74, 6) is 0.549. The van der Waals surface area contributed by atoms with Gasteiger partial charge in [0.1, 0.15) is 11.4 Å². The lowest BCUT2D eigenvalue weighted by molar-refractivity contribution is 0.146. The number of pyridine rings is 2. The first-order valence-corrected chi connectivity index (χ1v) is 15.9. The summed E-state index contributed by atoms with van der Waals surface area (Å²) in [7, 11) is 1.59. The molecule has 0 bridgehead atoms. The third-order valence-corrected chi connectivity index (χ3v) is 9.04. The molecule has 0 radical (unpaired) electrons. The minimum atomic E-state index is -2.80. The number of hydrogen-bond donors (Lipinski definition) is 2. The van der Waals surface area contributed by atoms with Gasteiger partial charge in [-0.15, -0.1) is 0 Å². The topological polar surface area (TPSA) is 85.4 Å². The molecular weight excluding hydrogens is 604 g/mol. The standard InChI is InChI=1S/C37H40ClF2N5O/c1-6-21(2)29-18-31(45-35(22(29)3)28-14-15-42-36(33(28)38)37(39)40)30(24-10-8-7-9-11-24)20-43-23(4)25-16-26(19-44-27-12-13-27)34(41)32(17-25)46-5/h7-11,14-19,21,27,30,37,43H,4,6,12-13,20,41H2,1-3,5H3. The summed E-state index contributed by atoms with van der Waals surface area (Å²) in [4.78, 5) is 13.6. The number of aliphatic imine (C=N–C) groups is 1. The number of anilines is 1. The first kappa shape index (κ1) is 33.1. The molecule has 2 heterocycles. The van der Waals surface area contributed by atoms with Gasteiger partial charge in [0.05, 0.1) is 35.2 Å². The summed E-state index contributed by atoms with van der Waals surface area (Å²) in [6, 6.07) is 18.1. The van der Waals surface area contributed by atoms with Crippen LogP contribution in [0, 0.1) is 6.92 Å². The summed E-state index contributed by atoms with van der Waals surface area (Å²) in [6.07, 6.45) is 3.46. The average Bonchev–Trinajstić information content (AvgIpc) is 3.89. The largest absolute Gasteiger partial charge is 0.495 e. The highest BCUT2D eigenvalue weighted by Crippen LogP contribution is 2.39. The van der Waals surface area contributed by atoms with Gasteiger partial charge in [0.15, 0.2) is 0 Å². The molecular formula is C37H40ClF2N5O. The quantitative estimate of drug-likeness (QED) is 0.112. The van der Waals surface area contributed by atoms with Crippen molar-refractivity contribution >= 4 is 29.2 Å². The first-order valence-electron chi connectivity index (χ1n) is 15.6. The van der Waals surface area contributed by atoms with Crippen molar-refractivity contribution in [2.45, 2.75) is 64.3 Å². The van der Waals surface area contributed by atoms with Gasteiger partial charge in [-0.2, -0.15) is 0 Å². The van der Waals surface area contributed by atoms with Crippen LogP contribution in [0.4, 0.5) is 14.5 Å². The van der Waals surface area contributed by atoms with Crippen LogP contribution < -0.4 is 15.8 Å². The predicted molar refractivity (Wildman–Crippen MR) is 184 cm³/mol. The van der Waals surface area contributed by atoms with Crippen LogP contribution in [-0.4, -0.2) is 35.9 Å². The van der Waals surface area contributed by atoms with Crippen molar-refractivity contribution in [2.75, 3.05) is 19.4 Å². The number of nitrogens with one attached hydrogen (secondary N) is 1. The van der Waals surface area contributed by atoms with E-state index in [9.17, 15) is 8.78 Å². The van der Waals surface area contributed by atoms with Crippen molar-refractivity contribution in [1.29, 1.82) is 0 Å². The highest BCUT2D eigenvalue weighted by molar-refractivity contribution is 6.34. The second kappa shape index (κ2) is 14.4. The number of nitrogen functional groups attached to an aromatic ring is 1. The minimum Gasteiger partial charge on any atom is -0.495 e. The summed E-state index contributed by atoms with van der Waals surface area (Å²) in [6.45, 7) is 11.1. The van der Waals surface area contributed by atoms with E-state index in [0.29, 0.717) is 41.0 Å². The maximum Gasteiger partial charge on any atom is 0.281 e. The second-order valence-electron chi connectivity index (χ2n) is 11.8. The van der Waals surface area contributed by atoms with Crippen LogP contribution in [0.2, 0.25) is 5.02 Å². The molecule has 0 amide bonds. The predicted octanol–water partition coefficient (Wildman–Crippen LogP) is 9.12. The van der Waals surface area contributed by atoms with E-state index in [1.807, 2.05) is 43.5 Å². The number of halogens is 3. The van der Waals surface area contributed by atoms with Gasteiger partial charge in [-0.25, -0.2) is 8.78 Å². The van der Waals surface area contributed by atoms with Crippen LogP contribution in [-0.2, 0) is 0 Å². The van der Waals surface area contributed by atoms with Crippen LogP contribution >= 0.6 is 11.6 Å². The summed E-state index contributed by atoms with van der Waals surface area (Å²) in [5.41, 5.74) is 13.6. The highest BCUT2D eigenvalue weighted by atomic mass is 35.5. The van der Waals surface area contributed by atoms with E-state index >= 15 is 0 Å². The normalized spacial score (nSPS) is 14.4. The Morgan fingerprint density at radius 2 is 1.93 bits per heavy atom. The molecule has 1 aliphatic carbocycles. The molecule has 2 aromatic carbocycles. The lowest BCUT2D eigenvalue weighted by Crippen LogP contribution is -2.22. The first-order chi connectivity index (χ1) is 22.1. The molecule has 1 saturated carbocycles. The zero-order valence-corrected chi connectivity index (χ0v) is 27.4. The fourth-order valence-corrected chi connectivity index (χ4v) is 5.81. The molecule has 2 atom stereocenters. The van der Waals surface area contributed by atoms with Gasteiger partial charge >= 0.3 is 0 Å². The van der Waals surface area contributed by atoms with Crippen molar-refractivity contribution < 1.29 is 13.5 Å². The number of nitrogens with two attached hydrogens (primary N) is 1. The molecule has 0 spiro atoms. The molecule has 46 heavy (non-hydrogen) atoms. The number of rotatable bonds is 13. The summed E-state index contributed by atoms with van der Waals surface area (Å²) < 4.78 is 33.2. The van der Waals surface area contributed by atoms with E-state index in [0.717, 1.165) is 52.8 Å². The number of benzene rings is 2. The highest BCUT2D eigenvalue weighted by Gasteiger charge is 2.25. The van der Waals surface area contributed by atoms with Crippen molar-refractivity contribution in [3.8, 4) is 17.0 Å². The number of hydrogen-bond acceptors (Lipinski definition) is 6. The average molecular weight is 644 g/mol. The summed E-state index contributed by atoms with van der Waals surface area (Å²) >= 11 is 6.55. The van der Waals surface area contributed by atoms with E-state index in [4.69, 9.17) is 27.1 Å². The van der Waals surface area contributed by atoms with E-state index in [-0.39, 0.29) is 16.9 Å². The van der Waals surface area contributed by atoms with E-state index in [1.165, 1.54) is 6.20 Å². The Morgan fingerprint density at radius 1 is 1.20 bits per heavy atom. The molecule has 240 valence electrons. The van der Waals surface area contributed by atoms with Gasteiger partial charge in [-0.3, -0.25) is 15.0 Å². The molecule has 2 aromatic heterocycles. The van der Waals surface area contributed by atoms with Crippen LogP contribution in [0.5, 0.6) is 5.75 Å². The SMILES string of the molecule is C=C(NCC(c1ccccc1)c1cc(C(C)CC)c(C)c(-c2ccnc(C(F)F)c2Cl)n1)c1cc(C=NC2CC2)c(N)c(OC)c1. The van der Waals surface area contributed by atoms with Gasteiger partial charge in [0.2, 0.25) is 0 Å². The zero-order valence-electron chi connectivity index (χ0n) is 26.7. The minimum absolute atomic E-state index is 0.0820. The van der Waals surface area contributed by atoms with E-state index in [1.54, 1.807) is 13.2 Å². The van der Waals surface area contributed by atoms with Crippen LogP contribution in [0.15, 0.2) is 72.4 Å². The van der Waals surface area contributed by atoms with Crippen LogP contribution in [0.3, 0.4) is 0 Å². The number of methoxy groups -OCH3 is 1. The molecule has 2 unspecified atom stereocenters. The zero-order chi connectivity index (χ0) is 33.0. The molecule has 3 N–H and O–H groups in total. The molecule has 9 heteroatoms. The lowest BCUT2D eigenvalue weighted by atomic mass is 9.87. The van der Waals surface area contributed by atoms with Crippen molar-refractivity contribution in [3.63, 3.8) is 0 Å². The Balaban J connectivity index is 1.56. The third kappa shape index (κ3) is 7.23. The van der Waals surface area contributed by atoms with Gasteiger partial charge in [0.25, 0.3) is 6.43 Å².